The van der Waals surface area contributed by atoms with Crippen LogP contribution in [0.2, 0.25) is 0 Å². The number of para-hydroxylation sites is 1. The molecule has 6 heteroatoms. The van der Waals surface area contributed by atoms with E-state index in [1.54, 1.807) is 35.2 Å². The molecule has 28 heavy (non-hydrogen) atoms. The van der Waals surface area contributed by atoms with Gasteiger partial charge in [0.05, 0.1) is 22.9 Å². The second-order valence-corrected chi connectivity index (χ2v) is 6.54. The van der Waals surface area contributed by atoms with Crippen LogP contribution in [0, 0.1) is 11.3 Å². The maximum absolute atomic E-state index is 13.4. The second-order valence-electron chi connectivity index (χ2n) is 6.54. The fourth-order valence-corrected chi connectivity index (χ4v) is 3.57. The number of hydrogen-bond donors (Lipinski definition) is 1. The lowest BCUT2D eigenvalue weighted by Gasteiger charge is -2.38. The van der Waals surface area contributed by atoms with Gasteiger partial charge in [-0.05, 0) is 42.0 Å². The zero-order chi connectivity index (χ0) is 19.1. The van der Waals surface area contributed by atoms with Gasteiger partial charge in [-0.1, -0.05) is 24.3 Å². The van der Waals surface area contributed by atoms with E-state index >= 15 is 0 Å². The smallest absolute Gasteiger partial charge is 0.262 e. The molecular formula is C22H15N3O3. The van der Waals surface area contributed by atoms with Gasteiger partial charge in [0.15, 0.2) is 11.5 Å². The van der Waals surface area contributed by atoms with Crippen LogP contribution in [0.1, 0.15) is 27.7 Å². The highest BCUT2D eigenvalue weighted by Crippen LogP contribution is 2.41. The summed E-state index contributed by atoms with van der Waals surface area (Å²) in [6.07, 6.45) is -0.462. The first-order valence-electron chi connectivity index (χ1n) is 8.83. The number of ether oxygens (including phenoxy) is 2. The van der Waals surface area contributed by atoms with Crippen LogP contribution in [-0.2, 0) is 0 Å². The molecule has 0 fully saturated rings. The van der Waals surface area contributed by atoms with Gasteiger partial charge in [-0.15, -0.1) is 0 Å². The Labute approximate surface area is 161 Å². The number of nitrogens with one attached hydrogen (secondary N) is 1. The summed E-state index contributed by atoms with van der Waals surface area (Å²) in [6.45, 7) is 0.168. The number of fused-ring (bicyclic) bond motifs is 2. The van der Waals surface area contributed by atoms with Gasteiger partial charge in [-0.25, -0.2) is 0 Å². The topological polar surface area (TPSA) is 74.6 Å². The second kappa shape index (κ2) is 6.32. The largest absolute Gasteiger partial charge is 0.454 e. The van der Waals surface area contributed by atoms with Gasteiger partial charge in [-0.2, -0.15) is 5.26 Å². The molecule has 1 atom stereocenters. The highest BCUT2D eigenvalue weighted by atomic mass is 16.7. The van der Waals surface area contributed by atoms with Crippen molar-refractivity contribution >= 4 is 17.3 Å². The Morgan fingerprint density at radius 1 is 1.00 bits per heavy atom. The molecule has 0 saturated carbocycles. The zero-order valence-electron chi connectivity index (χ0n) is 14.8. The van der Waals surface area contributed by atoms with Crippen LogP contribution in [0.5, 0.6) is 11.5 Å². The van der Waals surface area contributed by atoms with E-state index in [2.05, 4.69) is 11.4 Å². The molecule has 0 bridgehead atoms. The Morgan fingerprint density at radius 3 is 2.75 bits per heavy atom. The molecule has 3 aromatic rings. The molecule has 1 N–H and O–H groups in total. The lowest BCUT2D eigenvalue weighted by molar-refractivity contribution is 0.0975. The average Bonchev–Trinajstić information content (AvgIpc) is 3.21. The first kappa shape index (κ1) is 16.2. The molecule has 3 aromatic carbocycles. The van der Waals surface area contributed by atoms with E-state index in [1.807, 2.05) is 36.4 Å². The van der Waals surface area contributed by atoms with Gasteiger partial charge in [0.1, 0.15) is 6.17 Å². The van der Waals surface area contributed by atoms with E-state index in [4.69, 9.17) is 9.47 Å². The summed E-state index contributed by atoms with van der Waals surface area (Å²) in [5.41, 5.74) is 3.39. The Bertz CT molecular complexity index is 1140. The third-order valence-corrected chi connectivity index (χ3v) is 4.89. The van der Waals surface area contributed by atoms with Crippen LogP contribution in [-0.4, -0.2) is 12.7 Å². The summed E-state index contributed by atoms with van der Waals surface area (Å²) in [7, 11) is 0. The van der Waals surface area contributed by atoms with Crippen molar-refractivity contribution in [3.8, 4) is 17.6 Å². The third kappa shape index (κ3) is 2.53. The van der Waals surface area contributed by atoms with Crippen LogP contribution < -0.4 is 19.7 Å². The summed E-state index contributed by atoms with van der Waals surface area (Å²) in [4.78, 5) is 15.1. The summed E-state index contributed by atoms with van der Waals surface area (Å²) >= 11 is 0. The van der Waals surface area contributed by atoms with Crippen molar-refractivity contribution in [3.05, 3.63) is 83.4 Å². The van der Waals surface area contributed by atoms with Crippen LogP contribution in [0.4, 0.5) is 11.4 Å². The number of nitrogens with zero attached hydrogens (tertiary/aromatic N) is 2. The molecule has 1 amide bonds. The highest BCUT2D eigenvalue weighted by Gasteiger charge is 2.34. The van der Waals surface area contributed by atoms with E-state index in [0.29, 0.717) is 28.3 Å². The molecule has 2 aliphatic heterocycles. The Kier molecular flexibility index (Phi) is 3.66. The zero-order valence-corrected chi connectivity index (χ0v) is 14.8. The van der Waals surface area contributed by atoms with Gasteiger partial charge in [0.2, 0.25) is 6.79 Å². The number of hydrogen-bond acceptors (Lipinski definition) is 5. The maximum atomic E-state index is 13.4. The molecule has 5 rings (SSSR count). The molecule has 0 aliphatic carbocycles. The van der Waals surface area contributed by atoms with E-state index in [0.717, 1.165) is 11.3 Å². The van der Waals surface area contributed by atoms with Crippen molar-refractivity contribution in [3.63, 3.8) is 0 Å². The normalized spacial score (nSPS) is 16.9. The van der Waals surface area contributed by atoms with Crippen molar-refractivity contribution in [2.24, 2.45) is 0 Å². The number of amides is 1. The number of nitriles is 1. The molecule has 0 radical (unpaired) electrons. The third-order valence-electron chi connectivity index (χ3n) is 4.89. The van der Waals surface area contributed by atoms with Crippen molar-refractivity contribution in [2.45, 2.75) is 6.17 Å². The molecular weight excluding hydrogens is 354 g/mol. The first-order valence-corrected chi connectivity index (χ1v) is 8.83. The fourth-order valence-electron chi connectivity index (χ4n) is 3.57. The van der Waals surface area contributed by atoms with Gasteiger partial charge >= 0.3 is 0 Å². The predicted molar refractivity (Wildman–Crippen MR) is 103 cm³/mol. The predicted octanol–water partition coefficient (Wildman–Crippen LogP) is 4.06. The Hall–Kier alpha value is -3.98. The Morgan fingerprint density at radius 2 is 1.86 bits per heavy atom. The number of rotatable bonds is 2. The standard InChI is InChI=1S/C22H15N3O3/c23-12-14-4-3-5-15(10-14)21-24-18-7-2-1-6-17(18)22(26)25(21)16-8-9-19-20(11-16)28-13-27-19/h1-11,21,24H,13H2. The highest BCUT2D eigenvalue weighted by molar-refractivity contribution is 6.12. The summed E-state index contributed by atoms with van der Waals surface area (Å²) in [5, 5.41) is 12.7. The van der Waals surface area contributed by atoms with Crippen molar-refractivity contribution in [2.75, 3.05) is 17.0 Å². The molecule has 2 aliphatic rings. The van der Waals surface area contributed by atoms with E-state index < -0.39 is 6.17 Å². The average molecular weight is 369 g/mol. The minimum absolute atomic E-state index is 0.124. The molecule has 136 valence electrons. The summed E-state index contributed by atoms with van der Waals surface area (Å²) in [6, 6.07) is 22.3. The number of benzene rings is 3. The van der Waals surface area contributed by atoms with Gasteiger partial charge in [0, 0.05) is 11.8 Å². The van der Waals surface area contributed by atoms with Crippen molar-refractivity contribution in [1.82, 2.24) is 0 Å². The summed E-state index contributed by atoms with van der Waals surface area (Å²) in [5.74, 6) is 1.14. The van der Waals surface area contributed by atoms with Crippen LogP contribution in [0.25, 0.3) is 0 Å². The van der Waals surface area contributed by atoms with Gasteiger partial charge < -0.3 is 14.8 Å². The molecule has 0 saturated heterocycles. The fraction of sp³-hybridized carbons (Fsp3) is 0.0909. The molecule has 1 unspecified atom stereocenters. The van der Waals surface area contributed by atoms with Crippen molar-refractivity contribution < 1.29 is 14.3 Å². The van der Waals surface area contributed by atoms with E-state index in [1.165, 1.54) is 0 Å². The van der Waals surface area contributed by atoms with Crippen LogP contribution in [0.15, 0.2) is 66.7 Å². The van der Waals surface area contributed by atoms with Gasteiger partial charge in [0.25, 0.3) is 5.91 Å². The quantitative estimate of drug-likeness (QED) is 0.737. The lowest BCUT2D eigenvalue weighted by Crippen LogP contribution is -2.43. The van der Waals surface area contributed by atoms with E-state index in [-0.39, 0.29) is 12.7 Å². The molecule has 2 heterocycles. The van der Waals surface area contributed by atoms with Crippen LogP contribution in [0.3, 0.4) is 0 Å². The maximum Gasteiger partial charge on any atom is 0.262 e. The summed E-state index contributed by atoms with van der Waals surface area (Å²) < 4.78 is 10.9. The number of anilines is 2. The van der Waals surface area contributed by atoms with Crippen molar-refractivity contribution in [1.29, 1.82) is 5.26 Å². The Balaban J connectivity index is 1.66. The molecule has 0 aromatic heterocycles. The van der Waals surface area contributed by atoms with Gasteiger partial charge in [-0.3, -0.25) is 9.69 Å². The SMILES string of the molecule is N#Cc1cccc(C2Nc3ccccc3C(=O)N2c2ccc3c(c2)OCO3)c1. The lowest BCUT2D eigenvalue weighted by atomic mass is 10.0. The van der Waals surface area contributed by atoms with E-state index in [9.17, 15) is 10.1 Å². The molecule has 0 spiro atoms. The molecule has 6 nitrogen and oxygen atoms in total. The first-order chi connectivity index (χ1) is 13.7. The van der Waals surface area contributed by atoms with Crippen LogP contribution >= 0.6 is 0 Å². The monoisotopic (exact) mass is 369 g/mol. The minimum Gasteiger partial charge on any atom is -0.454 e. The number of carbonyl (C=O) groups excluding carboxylic acids is 1. The minimum atomic E-state index is -0.462. The number of carbonyl (C=O) groups is 1.